The third-order valence-corrected chi connectivity index (χ3v) is 14.5. The molecular weight excluding hydrogens is 1540 g/mol. The van der Waals surface area contributed by atoms with E-state index < -0.39 is 23.0 Å². The molecule has 0 radical (unpaired) electrons. The number of alkyl halides is 1. The van der Waals surface area contributed by atoms with Gasteiger partial charge < -0.3 is 73.8 Å². The first-order chi connectivity index (χ1) is 49.9. The molecule has 0 bridgehead atoms. The number of aryl methyl sites for hydroxylation is 4. The minimum absolute atomic E-state index is 0. The lowest BCUT2D eigenvalue weighted by molar-refractivity contribution is 0.0515. The van der Waals surface area contributed by atoms with Crippen molar-refractivity contribution in [1.82, 2.24) is 35.9 Å². The Labute approximate surface area is 657 Å². The number of halogens is 3. The number of alkyl carbamates (subject to hydrolysis) is 2. The van der Waals surface area contributed by atoms with Crippen LogP contribution in [0, 0.1) is 45.3 Å². The van der Waals surface area contributed by atoms with Crippen LogP contribution in [-0.4, -0.2) is 128 Å². The van der Waals surface area contributed by atoms with Crippen molar-refractivity contribution in [2.45, 2.75) is 152 Å². The summed E-state index contributed by atoms with van der Waals surface area (Å²) in [7, 11) is 0. The van der Waals surface area contributed by atoms with Crippen LogP contribution in [0.1, 0.15) is 158 Å². The van der Waals surface area contributed by atoms with Crippen molar-refractivity contribution in [2.24, 2.45) is 21.5 Å². The second kappa shape index (κ2) is 57.1. The first-order valence-corrected chi connectivity index (χ1v) is 36.4. The number of nitrogens with two attached hydrogens (primary N) is 6. The topological polar surface area (TPSA) is 498 Å². The summed E-state index contributed by atoms with van der Waals surface area (Å²) in [5.74, 6) is 0.792. The third kappa shape index (κ3) is 48.6. The predicted molar refractivity (Wildman–Crippen MR) is 435 cm³/mol. The van der Waals surface area contributed by atoms with Gasteiger partial charge in [0.15, 0.2) is 70.7 Å². The summed E-state index contributed by atoms with van der Waals surface area (Å²) >= 11 is 14.7. The van der Waals surface area contributed by atoms with Crippen molar-refractivity contribution in [3.05, 3.63) is 141 Å². The number of ether oxygens (including phenoxy) is 5. The lowest BCUT2D eigenvalue weighted by Gasteiger charge is -2.19. The Hall–Kier alpha value is -10.2. The number of guanidine groups is 1. The molecule has 107 heavy (non-hydrogen) atoms. The minimum Gasteiger partial charge on any atom is -0.508 e. The largest absolute Gasteiger partial charge is 0.508 e. The van der Waals surface area contributed by atoms with Crippen molar-refractivity contribution >= 4 is 116 Å². The van der Waals surface area contributed by atoms with Crippen molar-refractivity contribution in [3.8, 4) is 47.3 Å². The monoisotopic (exact) mass is 1650 g/mol. The summed E-state index contributed by atoms with van der Waals surface area (Å²) in [6.45, 7) is 15.4. The van der Waals surface area contributed by atoms with Crippen molar-refractivity contribution in [2.75, 3.05) is 79.6 Å². The number of carbonyl (C=O) groups excluding carboxylic acids is 4. The number of hydrogen-bond acceptors (Lipinski definition) is 25. The standard InChI is InChI=1S/C18H21ClN8O2.C17H24N2O3.C15H23NO3.C12H16N2O.C8H10ClN5OS.C2H2IN.2CH4/c19-14-16(22)26-15(21)13(25-14)17(28)27-18(23)24-9-2-1-3-11-4-6-12(7-5-11)29-10-8-20;1-17(2,3)22-16(20)19-12-5-4-6-14-7-9-15(10-8-14)21-13-11-18;1-15(2,3)19-14(18)16-11-5-4-6-12-7-9-13(17)10-8-12;13-8-2-1-3-11-4-6-12(7-5-11)15-10-9-14;1-3(16-2)12-8(15)4-6(10)14-7(11)5(9)13-4;3-1-2-4;;/h4-7H,1-3,9-10H2,(H4,21,22,26)(H3,23,24,27,28);7-10H,4-6,12-13H2,1-3H3,(H,19,20);7-10,17H,4-6,11H2,1-3H3,(H,16,18);4-7H,1-3,8,10,13H2;1-2H3,(H4,10,11,14);1H2;2*1H4. The molecule has 33 heteroatoms. The maximum atomic E-state index is 12.1. The second-order valence-electron chi connectivity index (χ2n) is 23.8. The molecule has 582 valence electrons. The van der Waals surface area contributed by atoms with Crippen molar-refractivity contribution in [3.63, 3.8) is 0 Å². The number of rotatable bonds is 27. The van der Waals surface area contributed by atoms with Crippen LogP contribution in [0.2, 0.25) is 10.3 Å². The average molecular weight is 1650 g/mol. The molecule has 0 fully saturated rings. The van der Waals surface area contributed by atoms with Gasteiger partial charge in [0.25, 0.3) is 11.8 Å². The third-order valence-electron chi connectivity index (χ3n) is 12.9. The van der Waals surface area contributed by atoms with Gasteiger partial charge in [0.05, 0.1) is 15.5 Å². The van der Waals surface area contributed by atoms with E-state index in [-0.39, 0.29) is 104 Å². The summed E-state index contributed by atoms with van der Waals surface area (Å²) in [6, 6.07) is 38.1. The molecular formula is C74H104Cl2IN19O10S. The maximum Gasteiger partial charge on any atom is 0.407 e. The number of nitrogen functional groups attached to an aromatic ring is 4. The zero-order valence-corrected chi connectivity index (χ0v) is 65.0. The lowest BCUT2D eigenvalue weighted by atomic mass is 10.1. The number of carbonyl (C=O) groups is 4. The van der Waals surface area contributed by atoms with Crippen LogP contribution < -0.4 is 64.6 Å². The van der Waals surface area contributed by atoms with Crippen LogP contribution in [0.5, 0.6) is 23.0 Å². The van der Waals surface area contributed by atoms with E-state index in [9.17, 15) is 19.2 Å². The number of amides is 4. The molecule has 2 aromatic heterocycles. The number of hydrogen-bond donors (Lipinski definition) is 10. The molecule has 0 unspecified atom stereocenters. The van der Waals surface area contributed by atoms with E-state index in [1.165, 1.54) is 28.5 Å². The van der Waals surface area contributed by atoms with Crippen LogP contribution in [0.25, 0.3) is 0 Å². The average Bonchev–Trinajstić information content (AvgIpc) is 0.841. The summed E-state index contributed by atoms with van der Waals surface area (Å²) in [5, 5.41) is 50.3. The van der Waals surface area contributed by atoms with Gasteiger partial charge in [-0.15, -0.1) is 11.8 Å². The van der Waals surface area contributed by atoms with Crippen LogP contribution in [0.15, 0.2) is 107 Å². The number of phenolic OH excluding ortho intramolecular Hbond substituents is 1. The van der Waals surface area contributed by atoms with Gasteiger partial charge in [-0.05, 0) is 209 Å². The first kappa shape index (κ1) is 98.9. The fourth-order valence-electron chi connectivity index (χ4n) is 7.96. The summed E-state index contributed by atoms with van der Waals surface area (Å²) < 4.78 is 26.5. The number of thioether (sulfide) groups is 1. The van der Waals surface area contributed by atoms with Gasteiger partial charge in [0.2, 0.25) is 0 Å². The van der Waals surface area contributed by atoms with Gasteiger partial charge in [0.1, 0.15) is 52.4 Å². The summed E-state index contributed by atoms with van der Waals surface area (Å²) in [6.07, 6.45) is 12.5. The predicted octanol–water partition coefficient (Wildman–Crippen LogP) is 13.2. The van der Waals surface area contributed by atoms with E-state index in [4.69, 9.17) is 107 Å². The summed E-state index contributed by atoms with van der Waals surface area (Å²) in [5.41, 5.74) is 36.8. The normalized spacial score (nSPS) is 10.4. The highest BCUT2D eigenvalue weighted by Gasteiger charge is 2.19. The number of nitrogens with one attached hydrogen (secondary N) is 3. The Morgan fingerprint density at radius 3 is 1.24 bits per heavy atom. The van der Waals surface area contributed by atoms with E-state index in [1.807, 2.05) is 173 Å². The molecule has 0 saturated heterocycles. The van der Waals surface area contributed by atoms with Gasteiger partial charge >= 0.3 is 12.2 Å². The maximum absolute atomic E-state index is 12.1. The van der Waals surface area contributed by atoms with E-state index >= 15 is 0 Å². The Kier molecular flexibility index (Phi) is 52.8. The Balaban J connectivity index is 0. The van der Waals surface area contributed by atoms with E-state index in [0.717, 1.165) is 94.9 Å². The number of aliphatic imine (C=N–C) groups is 2. The Bertz CT molecular complexity index is 3820. The fraction of sp³-hybridized carbons (Fsp3) is 0.432. The minimum atomic E-state index is -0.670. The fourth-order valence-corrected chi connectivity index (χ4v) is 8.39. The van der Waals surface area contributed by atoms with Crippen LogP contribution >= 0.6 is 57.6 Å². The van der Waals surface area contributed by atoms with Gasteiger partial charge in [-0.1, -0.05) is 109 Å². The number of aromatic hydroxyl groups is 1. The molecule has 0 atom stereocenters. The van der Waals surface area contributed by atoms with E-state index in [0.29, 0.717) is 40.6 Å². The van der Waals surface area contributed by atoms with Gasteiger partial charge in [-0.3, -0.25) is 19.9 Å². The van der Waals surface area contributed by atoms with Crippen LogP contribution in [0.4, 0.5) is 32.9 Å². The van der Waals surface area contributed by atoms with E-state index in [2.05, 4.69) is 45.9 Å². The molecule has 29 nitrogen and oxygen atoms in total. The quantitative estimate of drug-likeness (QED) is 0.00753. The highest BCUT2D eigenvalue weighted by molar-refractivity contribution is 14.1. The van der Waals surface area contributed by atoms with Crippen molar-refractivity contribution < 1.29 is 48.0 Å². The lowest BCUT2D eigenvalue weighted by Crippen LogP contribution is -2.38. The van der Waals surface area contributed by atoms with Crippen LogP contribution in [0.3, 0.4) is 0 Å². The number of nitriles is 4. The van der Waals surface area contributed by atoms with Gasteiger partial charge in [-0.2, -0.15) is 21.0 Å². The smallest absolute Gasteiger partial charge is 0.407 e. The summed E-state index contributed by atoms with van der Waals surface area (Å²) in [4.78, 5) is 69.4. The molecule has 0 aliphatic carbocycles. The molecule has 6 aromatic rings. The number of unbranched alkanes of at least 4 members (excludes halogenated alkanes) is 4. The van der Waals surface area contributed by atoms with Crippen molar-refractivity contribution in [1.29, 1.82) is 21.0 Å². The number of anilines is 4. The first-order valence-electron chi connectivity index (χ1n) is 32.9. The highest BCUT2D eigenvalue weighted by Crippen LogP contribution is 2.21. The molecule has 0 saturated carbocycles. The zero-order chi connectivity index (χ0) is 78.6. The second-order valence-corrected chi connectivity index (χ2v) is 26.3. The molecule has 0 aliphatic heterocycles. The molecule has 6 rings (SSSR count). The number of phenols is 1. The van der Waals surface area contributed by atoms with Crippen LogP contribution in [-0.2, 0) is 35.2 Å². The molecule has 0 aliphatic rings. The van der Waals surface area contributed by atoms with Gasteiger partial charge in [0, 0.05) is 19.6 Å². The molecule has 0 spiro atoms. The number of benzene rings is 4. The van der Waals surface area contributed by atoms with Gasteiger partial charge in [-0.25, -0.2) is 34.5 Å². The molecule has 4 aromatic carbocycles. The molecule has 4 amide bonds. The highest BCUT2D eigenvalue weighted by atomic mass is 127. The Morgan fingerprint density at radius 1 is 0.551 bits per heavy atom. The number of nitrogens with zero attached hydrogens (tertiary/aromatic N) is 10. The SMILES string of the molecule is C.C.CC(C)(C)OC(=O)NCCCCc1ccc(O)cc1.CC(C)(C)OC(=O)NCCCCc1ccc(OCC#N)cc1.CSC(C)=NC(=O)c1nc(Cl)c(N)nc1N.N#CCI.N#CCOc1ccc(CCCCN)cc1.N#CCOc1ccc(CCCCN=C(N)NC(=O)c2nc(Cl)c(N)nc2N)cc1. The Morgan fingerprint density at radius 2 is 0.897 bits per heavy atom. The van der Waals surface area contributed by atoms with E-state index in [1.54, 1.807) is 25.3 Å². The number of aromatic nitrogens is 4. The molecule has 16 N–H and O–H groups in total. The zero-order valence-electron chi connectivity index (χ0n) is 60.5. The molecule has 2 heterocycles.